The number of hydrogen-bond acceptors (Lipinski definition) is 7. The lowest BCUT2D eigenvalue weighted by Gasteiger charge is -2.11. The normalized spacial score (nSPS) is 17.5. The number of sulfonamides is 1. The molecule has 0 unspecified atom stereocenters. The maximum Gasteiger partial charge on any atom is 0.294 e. The highest BCUT2D eigenvalue weighted by molar-refractivity contribution is 8.19. The topological polar surface area (TPSA) is 85.3 Å². The van der Waals surface area contributed by atoms with Crippen LogP contribution < -0.4 is 9.47 Å². The summed E-state index contributed by atoms with van der Waals surface area (Å²) in [6.07, 6.45) is 1.66. The molecular weight excluding hydrogens is 420 g/mol. The molecule has 1 saturated heterocycles. The Morgan fingerprint density at radius 1 is 1.21 bits per heavy atom. The average molecular weight is 439 g/mol. The third-order valence-corrected chi connectivity index (χ3v) is 7.64. The number of carbonyl (C=O) groups excluding carboxylic acids is 1. The number of amidine groups is 1. The van der Waals surface area contributed by atoms with Crippen LogP contribution in [0.4, 0.5) is 0 Å². The second-order valence-electron chi connectivity index (χ2n) is 5.55. The zero-order valence-electron chi connectivity index (χ0n) is 15.4. The van der Waals surface area contributed by atoms with Gasteiger partial charge in [0.25, 0.3) is 15.9 Å². The van der Waals surface area contributed by atoms with Crippen molar-refractivity contribution in [2.75, 3.05) is 20.8 Å². The van der Waals surface area contributed by atoms with Crippen LogP contribution in [-0.2, 0) is 14.8 Å². The monoisotopic (exact) mass is 438 g/mol. The van der Waals surface area contributed by atoms with Crippen LogP contribution in [0.3, 0.4) is 0 Å². The summed E-state index contributed by atoms with van der Waals surface area (Å²) in [5, 5.41) is 1.80. The molecule has 0 bridgehead atoms. The number of thiophene rings is 1. The minimum absolute atomic E-state index is 0.137. The SMILES string of the molecule is CCN1C(=O)/C(=C/c2ccc(OC)cc2OC)S/C1=N\S(=O)(=O)c1cccs1. The fourth-order valence-electron chi connectivity index (χ4n) is 2.49. The smallest absolute Gasteiger partial charge is 0.294 e. The second kappa shape index (κ2) is 8.38. The van der Waals surface area contributed by atoms with Crippen molar-refractivity contribution in [2.45, 2.75) is 11.1 Å². The first-order valence-corrected chi connectivity index (χ1v) is 11.3. The van der Waals surface area contributed by atoms with E-state index in [0.29, 0.717) is 28.5 Å². The summed E-state index contributed by atoms with van der Waals surface area (Å²) in [4.78, 5) is 14.5. The Bertz CT molecular complexity index is 1040. The maximum atomic E-state index is 12.7. The van der Waals surface area contributed by atoms with Crippen LogP contribution >= 0.6 is 23.1 Å². The van der Waals surface area contributed by atoms with Gasteiger partial charge in [-0.2, -0.15) is 8.42 Å². The number of benzene rings is 1. The van der Waals surface area contributed by atoms with Crippen LogP contribution in [0.15, 0.2) is 49.2 Å². The molecule has 0 N–H and O–H groups in total. The molecule has 3 rings (SSSR count). The van der Waals surface area contributed by atoms with Crippen molar-refractivity contribution in [3.8, 4) is 11.5 Å². The summed E-state index contributed by atoms with van der Waals surface area (Å²) < 4.78 is 39.5. The van der Waals surface area contributed by atoms with E-state index in [1.165, 1.54) is 18.1 Å². The third kappa shape index (κ3) is 4.08. The Morgan fingerprint density at radius 2 is 2.00 bits per heavy atom. The van der Waals surface area contributed by atoms with Crippen LogP contribution in [0.2, 0.25) is 0 Å². The molecule has 0 spiro atoms. The average Bonchev–Trinajstić information content (AvgIpc) is 3.31. The molecule has 2 aromatic rings. The standard InChI is InChI=1S/C18H18N2O5S3/c1-4-20-17(21)15(10-12-7-8-13(24-2)11-14(12)25-3)27-18(20)19-28(22,23)16-6-5-9-26-16/h5-11H,4H2,1-3H3/b15-10-,19-18-. The van der Waals surface area contributed by atoms with Crippen LogP contribution in [0.1, 0.15) is 12.5 Å². The van der Waals surface area contributed by atoms with Gasteiger partial charge in [0.2, 0.25) is 0 Å². The van der Waals surface area contributed by atoms with Gasteiger partial charge in [-0.25, -0.2) is 0 Å². The van der Waals surface area contributed by atoms with Gasteiger partial charge in [-0.15, -0.1) is 15.7 Å². The minimum atomic E-state index is -3.86. The van der Waals surface area contributed by atoms with Gasteiger partial charge in [-0.1, -0.05) is 6.07 Å². The molecule has 0 atom stereocenters. The molecule has 1 amide bonds. The van der Waals surface area contributed by atoms with Crippen LogP contribution in [0.5, 0.6) is 11.5 Å². The molecular formula is C18H18N2O5S3. The fraction of sp³-hybridized carbons (Fsp3) is 0.222. The molecule has 1 aromatic heterocycles. The molecule has 2 heterocycles. The fourth-order valence-corrected chi connectivity index (χ4v) is 5.70. The molecule has 28 heavy (non-hydrogen) atoms. The summed E-state index contributed by atoms with van der Waals surface area (Å²) in [6.45, 7) is 2.07. The van der Waals surface area contributed by atoms with Gasteiger partial charge < -0.3 is 9.47 Å². The highest BCUT2D eigenvalue weighted by Crippen LogP contribution is 2.36. The Labute approximate surface area is 171 Å². The Hall–Kier alpha value is -2.30. The Kier molecular flexibility index (Phi) is 6.11. The first kappa shape index (κ1) is 20.4. The molecule has 1 fully saturated rings. The molecule has 0 saturated carbocycles. The maximum absolute atomic E-state index is 12.7. The third-order valence-electron chi connectivity index (χ3n) is 3.88. The zero-order valence-corrected chi connectivity index (χ0v) is 17.9. The van der Waals surface area contributed by atoms with Gasteiger partial charge in [0.05, 0.1) is 19.1 Å². The lowest BCUT2D eigenvalue weighted by molar-refractivity contribution is -0.122. The number of amides is 1. The predicted molar refractivity (Wildman–Crippen MR) is 111 cm³/mol. The zero-order chi connectivity index (χ0) is 20.3. The first-order valence-electron chi connectivity index (χ1n) is 8.21. The summed E-state index contributed by atoms with van der Waals surface area (Å²) in [7, 11) is -0.780. The molecule has 7 nitrogen and oxygen atoms in total. The summed E-state index contributed by atoms with van der Waals surface area (Å²) in [5.74, 6) is 0.870. The van der Waals surface area contributed by atoms with E-state index in [1.807, 2.05) is 0 Å². The lowest BCUT2D eigenvalue weighted by atomic mass is 10.1. The number of ether oxygens (including phenoxy) is 2. The molecule has 148 valence electrons. The van der Waals surface area contributed by atoms with Crippen LogP contribution in [0, 0.1) is 0 Å². The van der Waals surface area contributed by atoms with E-state index in [-0.39, 0.29) is 15.3 Å². The molecule has 1 aliphatic rings. The minimum Gasteiger partial charge on any atom is -0.497 e. The Balaban J connectivity index is 1.98. The largest absolute Gasteiger partial charge is 0.497 e. The number of thioether (sulfide) groups is 1. The van der Waals surface area contributed by atoms with E-state index >= 15 is 0 Å². The van der Waals surface area contributed by atoms with Crippen molar-refractivity contribution in [1.29, 1.82) is 0 Å². The van der Waals surface area contributed by atoms with Crippen LogP contribution in [0.25, 0.3) is 6.08 Å². The summed E-state index contributed by atoms with van der Waals surface area (Å²) in [5.41, 5.74) is 0.678. The van der Waals surface area contributed by atoms with E-state index in [9.17, 15) is 13.2 Å². The van der Waals surface area contributed by atoms with Crippen molar-refractivity contribution in [3.05, 3.63) is 46.2 Å². The van der Waals surface area contributed by atoms with E-state index < -0.39 is 10.0 Å². The van der Waals surface area contributed by atoms with Gasteiger partial charge >= 0.3 is 0 Å². The lowest BCUT2D eigenvalue weighted by Crippen LogP contribution is -2.29. The number of rotatable bonds is 6. The van der Waals surface area contributed by atoms with E-state index in [4.69, 9.17) is 9.47 Å². The Morgan fingerprint density at radius 3 is 2.61 bits per heavy atom. The van der Waals surface area contributed by atoms with Crippen molar-refractivity contribution in [1.82, 2.24) is 4.90 Å². The van der Waals surface area contributed by atoms with Gasteiger partial charge in [0, 0.05) is 18.2 Å². The van der Waals surface area contributed by atoms with Crippen molar-refractivity contribution in [2.24, 2.45) is 4.40 Å². The van der Waals surface area contributed by atoms with E-state index in [0.717, 1.165) is 23.1 Å². The quantitative estimate of drug-likeness (QED) is 0.642. The van der Waals surface area contributed by atoms with Gasteiger partial charge in [-0.05, 0) is 48.3 Å². The highest BCUT2D eigenvalue weighted by Gasteiger charge is 2.34. The number of likely N-dealkylation sites (N-methyl/N-ethyl adjacent to an activating group) is 1. The van der Waals surface area contributed by atoms with Crippen molar-refractivity contribution in [3.63, 3.8) is 0 Å². The van der Waals surface area contributed by atoms with Crippen molar-refractivity contribution < 1.29 is 22.7 Å². The first-order chi connectivity index (χ1) is 13.4. The van der Waals surface area contributed by atoms with Crippen molar-refractivity contribution >= 4 is 50.3 Å². The molecule has 10 heteroatoms. The van der Waals surface area contributed by atoms with E-state index in [1.54, 1.807) is 49.8 Å². The highest BCUT2D eigenvalue weighted by atomic mass is 32.2. The number of carbonyl (C=O) groups is 1. The number of hydrogen-bond donors (Lipinski definition) is 0. The summed E-state index contributed by atoms with van der Waals surface area (Å²) in [6, 6.07) is 8.37. The molecule has 1 aliphatic heterocycles. The van der Waals surface area contributed by atoms with Gasteiger partial charge in [0.1, 0.15) is 15.7 Å². The number of methoxy groups -OCH3 is 2. The van der Waals surface area contributed by atoms with E-state index in [2.05, 4.69) is 4.40 Å². The molecule has 0 aliphatic carbocycles. The molecule has 0 radical (unpaired) electrons. The number of nitrogens with zero attached hydrogens (tertiary/aromatic N) is 2. The van der Waals surface area contributed by atoms with Gasteiger partial charge in [0.15, 0.2) is 5.17 Å². The van der Waals surface area contributed by atoms with Crippen LogP contribution in [-0.4, -0.2) is 45.2 Å². The second-order valence-corrected chi connectivity index (χ2v) is 9.34. The predicted octanol–water partition coefficient (Wildman–Crippen LogP) is 3.45. The summed E-state index contributed by atoms with van der Waals surface area (Å²) >= 11 is 2.11. The van der Waals surface area contributed by atoms with Gasteiger partial charge in [-0.3, -0.25) is 9.69 Å². The molecule has 1 aromatic carbocycles.